The molecule has 0 fully saturated rings. The lowest BCUT2D eigenvalue weighted by Crippen LogP contribution is -2.40. The van der Waals surface area contributed by atoms with Gasteiger partial charge < -0.3 is 4.74 Å². The van der Waals surface area contributed by atoms with Crippen LogP contribution in [0.15, 0.2) is 29.3 Å². The minimum absolute atomic E-state index is 0.214. The molecule has 0 radical (unpaired) electrons. The first-order valence-electron chi connectivity index (χ1n) is 7.24. The molecule has 0 saturated heterocycles. The van der Waals surface area contributed by atoms with Crippen molar-refractivity contribution in [3.63, 3.8) is 0 Å². The van der Waals surface area contributed by atoms with E-state index in [9.17, 15) is 18.0 Å². The average molecular weight is 331 g/mol. The van der Waals surface area contributed by atoms with Crippen molar-refractivity contribution in [1.29, 1.82) is 0 Å². The maximum Gasteiger partial charge on any atom is 0.425 e. The second kappa shape index (κ2) is 8.40. The quantitative estimate of drug-likeness (QED) is 0.769. The van der Waals surface area contributed by atoms with Crippen LogP contribution in [0.1, 0.15) is 43.9 Å². The molecule has 1 heterocycles. The molecule has 1 unspecified atom stereocenters. The molecule has 1 aliphatic rings. The highest BCUT2D eigenvalue weighted by Crippen LogP contribution is 2.32. The van der Waals surface area contributed by atoms with Gasteiger partial charge in [-0.15, -0.1) is 0 Å². The predicted molar refractivity (Wildman–Crippen MR) is 80.9 cm³/mol. The first-order chi connectivity index (χ1) is 10.9. The van der Waals surface area contributed by atoms with Gasteiger partial charge in [0.05, 0.1) is 18.7 Å². The monoisotopic (exact) mass is 331 g/mol. The van der Waals surface area contributed by atoms with E-state index in [0.29, 0.717) is 24.2 Å². The average Bonchev–Trinajstić information content (AvgIpc) is 3.03. The van der Waals surface area contributed by atoms with Gasteiger partial charge in [-0.3, -0.25) is 10.4 Å². The molecular weight excluding hydrogens is 311 g/mol. The molecule has 2 N–H and O–H groups in total. The number of ether oxygens (including phenoxy) is 1. The normalized spacial score (nSPS) is 16.8. The van der Waals surface area contributed by atoms with Gasteiger partial charge in [0.2, 0.25) is 0 Å². The lowest BCUT2D eigenvalue weighted by atomic mass is 10.0. The van der Waals surface area contributed by atoms with E-state index in [2.05, 4.69) is 20.6 Å². The van der Waals surface area contributed by atoms with Gasteiger partial charge >= 0.3 is 12.3 Å². The molecule has 8 heteroatoms. The molecule has 1 aliphatic heterocycles. The number of hydrogen-bond donors (Lipinski definition) is 2. The molecule has 128 valence electrons. The summed E-state index contributed by atoms with van der Waals surface area (Å²) >= 11 is 0. The third kappa shape index (κ3) is 5.46. The zero-order chi connectivity index (χ0) is 17.5. The van der Waals surface area contributed by atoms with Crippen LogP contribution >= 0.6 is 0 Å². The van der Waals surface area contributed by atoms with Gasteiger partial charge in [-0.2, -0.15) is 13.2 Å². The summed E-state index contributed by atoms with van der Waals surface area (Å²) in [6.45, 7) is 4.00. The molecule has 0 spiro atoms. The van der Waals surface area contributed by atoms with Gasteiger partial charge in [0.25, 0.3) is 0 Å². The fourth-order valence-corrected chi connectivity index (χ4v) is 2.00. The summed E-state index contributed by atoms with van der Waals surface area (Å²) in [7, 11) is 1.23. The number of nitrogens with one attached hydrogen (secondary N) is 2. The van der Waals surface area contributed by atoms with E-state index in [1.54, 1.807) is 0 Å². The Hall–Kier alpha value is -2.25. The first-order valence-corrected chi connectivity index (χ1v) is 7.24. The van der Waals surface area contributed by atoms with Crippen molar-refractivity contribution in [2.45, 2.75) is 38.9 Å². The molecule has 0 aromatic heterocycles. The van der Waals surface area contributed by atoms with Gasteiger partial charge in [-0.05, 0) is 24.1 Å². The van der Waals surface area contributed by atoms with Crippen molar-refractivity contribution in [3.05, 3.63) is 35.4 Å². The van der Waals surface area contributed by atoms with Crippen molar-refractivity contribution >= 4 is 11.9 Å². The highest BCUT2D eigenvalue weighted by molar-refractivity contribution is 5.85. The van der Waals surface area contributed by atoms with E-state index in [-0.39, 0.29) is 6.04 Å². The lowest BCUT2D eigenvalue weighted by molar-refractivity contribution is -0.137. The topological polar surface area (TPSA) is 62.7 Å². The molecule has 1 aromatic carbocycles. The van der Waals surface area contributed by atoms with E-state index in [0.717, 1.165) is 12.1 Å². The van der Waals surface area contributed by atoms with Crippen molar-refractivity contribution in [3.8, 4) is 0 Å². The van der Waals surface area contributed by atoms with Crippen molar-refractivity contribution in [1.82, 2.24) is 10.9 Å². The number of nitrogens with zero attached hydrogens (tertiary/aromatic N) is 1. The van der Waals surface area contributed by atoms with E-state index in [4.69, 9.17) is 0 Å². The Morgan fingerprint density at radius 3 is 2.39 bits per heavy atom. The second-order valence-electron chi connectivity index (χ2n) is 4.49. The van der Waals surface area contributed by atoms with Crippen molar-refractivity contribution in [2.75, 3.05) is 7.11 Å². The first kappa shape index (κ1) is 18.8. The van der Waals surface area contributed by atoms with Crippen LogP contribution in [0.3, 0.4) is 0 Å². The fourth-order valence-electron chi connectivity index (χ4n) is 2.00. The summed E-state index contributed by atoms with van der Waals surface area (Å²) in [5.41, 5.74) is 4.92. The number of amidine groups is 1. The van der Waals surface area contributed by atoms with Gasteiger partial charge in [0.1, 0.15) is 5.84 Å². The molecule has 0 aliphatic carbocycles. The van der Waals surface area contributed by atoms with E-state index < -0.39 is 17.8 Å². The summed E-state index contributed by atoms with van der Waals surface area (Å²) in [4.78, 5) is 15.2. The molecule has 2 rings (SSSR count). The fraction of sp³-hybridized carbons (Fsp3) is 0.467. The number of amides is 1. The van der Waals surface area contributed by atoms with Crippen LogP contribution in [-0.2, 0) is 10.9 Å². The van der Waals surface area contributed by atoms with Gasteiger partial charge in [-0.25, -0.2) is 10.2 Å². The third-order valence-corrected chi connectivity index (χ3v) is 3.08. The number of carbonyl (C=O) groups excluding carboxylic acids is 1. The van der Waals surface area contributed by atoms with Crippen LogP contribution in [0.25, 0.3) is 0 Å². The number of rotatable bonds is 1. The van der Waals surface area contributed by atoms with Gasteiger partial charge in [0.15, 0.2) is 0 Å². The number of hydrazine groups is 1. The van der Waals surface area contributed by atoms with Crippen LogP contribution in [0.5, 0.6) is 0 Å². The largest absolute Gasteiger partial charge is 0.452 e. The Kier molecular flexibility index (Phi) is 6.87. The number of aliphatic imine (C=N–C) groups is 1. The van der Waals surface area contributed by atoms with E-state index >= 15 is 0 Å². The second-order valence-corrected chi connectivity index (χ2v) is 4.49. The smallest absolute Gasteiger partial charge is 0.425 e. The van der Waals surface area contributed by atoms with Gasteiger partial charge in [0, 0.05) is 6.42 Å². The molecule has 1 atom stereocenters. The lowest BCUT2D eigenvalue weighted by Gasteiger charge is -2.10. The maximum atomic E-state index is 12.5. The van der Waals surface area contributed by atoms with Crippen molar-refractivity contribution < 1.29 is 22.7 Å². The maximum absolute atomic E-state index is 12.5. The molecule has 0 bridgehead atoms. The minimum atomic E-state index is -4.34. The van der Waals surface area contributed by atoms with Gasteiger partial charge in [-0.1, -0.05) is 26.0 Å². The summed E-state index contributed by atoms with van der Waals surface area (Å²) in [6, 6.07) is 4.72. The van der Waals surface area contributed by atoms with E-state index in [1.807, 2.05) is 13.8 Å². The Morgan fingerprint density at radius 1 is 1.26 bits per heavy atom. The van der Waals surface area contributed by atoms with Crippen LogP contribution in [0, 0.1) is 0 Å². The molecular formula is C15H20F3N3O2. The number of benzene rings is 1. The Bertz CT molecular complexity index is 542. The SMILES string of the molecule is CC.COC(=O)NNC1=NC(c2ccc(C(F)(F)F)cc2)CC1. The molecule has 1 amide bonds. The number of alkyl halides is 3. The summed E-state index contributed by atoms with van der Waals surface area (Å²) in [5, 5.41) is 0. The number of hydrogen-bond acceptors (Lipinski definition) is 4. The standard InChI is InChI=1S/C13H14F3N3O2.C2H6/c1-21-12(20)19-18-11-7-6-10(17-11)8-2-4-9(5-3-8)13(14,15)16;1-2/h2-5,10H,6-7H2,1H3,(H,17,18)(H,19,20);1-2H3. The molecule has 0 saturated carbocycles. The van der Waals surface area contributed by atoms with Crippen LogP contribution in [0.4, 0.5) is 18.0 Å². The molecule has 23 heavy (non-hydrogen) atoms. The highest BCUT2D eigenvalue weighted by Gasteiger charge is 2.30. The van der Waals surface area contributed by atoms with E-state index in [1.165, 1.54) is 19.2 Å². The number of carbonyl (C=O) groups is 1. The Morgan fingerprint density at radius 2 is 1.87 bits per heavy atom. The minimum Gasteiger partial charge on any atom is -0.452 e. The summed E-state index contributed by atoms with van der Waals surface area (Å²) < 4.78 is 41.8. The van der Waals surface area contributed by atoms with Crippen molar-refractivity contribution in [2.24, 2.45) is 4.99 Å². The Labute approximate surface area is 132 Å². The zero-order valence-corrected chi connectivity index (χ0v) is 13.2. The summed E-state index contributed by atoms with van der Waals surface area (Å²) in [5.74, 6) is 0.560. The highest BCUT2D eigenvalue weighted by atomic mass is 19.4. The Balaban J connectivity index is 0.00000127. The number of methoxy groups -OCH3 is 1. The number of halogens is 3. The molecule has 5 nitrogen and oxygen atoms in total. The van der Waals surface area contributed by atoms with Crippen LogP contribution in [0.2, 0.25) is 0 Å². The molecule has 1 aromatic rings. The van der Waals surface area contributed by atoms with Crippen LogP contribution < -0.4 is 10.9 Å². The predicted octanol–water partition coefficient (Wildman–Crippen LogP) is 3.83. The zero-order valence-electron chi connectivity index (χ0n) is 13.2. The summed E-state index contributed by atoms with van der Waals surface area (Å²) in [6.07, 6.45) is -3.73. The van der Waals surface area contributed by atoms with Crippen LogP contribution in [-0.4, -0.2) is 19.0 Å². The third-order valence-electron chi connectivity index (χ3n) is 3.08.